The second kappa shape index (κ2) is 7.75. The van der Waals surface area contributed by atoms with Crippen molar-refractivity contribution in [2.24, 2.45) is 5.92 Å². The third-order valence-corrected chi connectivity index (χ3v) is 2.86. The van der Waals surface area contributed by atoms with E-state index in [1.165, 1.54) is 5.56 Å². The van der Waals surface area contributed by atoms with Crippen molar-refractivity contribution in [3.05, 3.63) is 29.8 Å². The molecule has 3 nitrogen and oxygen atoms in total. The van der Waals surface area contributed by atoms with Gasteiger partial charge in [0.25, 0.3) is 0 Å². The van der Waals surface area contributed by atoms with Crippen LogP contribution in [0.2, 0.25) is 0 Å². The van der Waals surface area contributed by atoms with Crippen molar-refractivity contribution in [1.29, 1.82) is 0 Å². The number of carbonyl (C=O) groups excluding carboxylic acids is 1. The molecule has 100 valence electrons. The number of hydrogen-bond acceptors (Lipinski definition) is 2. The number of aryl methyl sites for hydroxylation is 1. The fourth-order valence-electron chi connectivity index (χ4n) is 1.60. The summed E-state index contributed by atoms with van der Waals surface area (Å²) in [6.07, 6.45) is 2.06. The molecule has 0 aliphatic carbocycles. The zero-order valence-corrected chi connectivity index (χ0v) is 11.6. The van der Waals surface area contributed by atoms with Crippen LogP contribution in [0.15, 0.2) is 24.3 Å². The summed E-state index contributed by atoms with van der Waals surface area (Å²) < 4.78 is 0. The van der Waals surface area contributed by atoms with Crippen molar-refractivity contribution in [3.63, 3.8) is 0 Å². The first-order valence-electron chi connectivity index (χ1n) is 6.71. The van der Waals surface area contributed by atoms with Crippen LogP contribution < -0.4 is 10.6 Å². The Balaban J connectivity index is 2.24. The Bertz CT molecular complexity index is 357. The van der Waals surface area contributed by atoms with Gasteiger partial charge in [-0.05, 0) is 36.5 Å². The summed E-state index contributed by atoms with van der Waals surface area (Å²) in [5.74, 6) is 0.676. The fourth-order valence-corrected chi connectivity index (χ4v) is 1.60. The summed E-state index contributed by atoms with van der Waals surface area (Å²) in [7, 11) is 0. The van der Waals surface area contributed by atoms with Gasteiger partial charge in [0.05, 0.1) is 6.54 Å². The molecule has 0 atom stereocenters. The zero-order chi connectivity index (χ0) is 13.4. The van der Waals surface area contributed by atoms with Crippen molar-refractivity contribution in [2.45, 2.75) is 33.6 Å². The smallest absolute Gasteiger partial charge is 0.239 e. The largest absolute Gasteiger partial charge is 0.376 e. The SMILES string of the molecule is CCc1ccc(NCC(=O)NCCC(C)C)cc1. The van der Waals surface area contributed by atoms with E-state index in [1.54, 1.807) is 0 Å². The predicted octanol–water partition coefficient (Wildman–Crippen LogP) is 2.82. The van der Waals surface area contributed by atoms with Gasteiger partial charge in [-0.1, -0.05) is 32.9 Å². The van der Waals surface area contributed by atoms with E-state index in [4.69, 9.17) is 0 Å². The molecular formula is C15H24N2O. The minimum Gasteiger partial charge on any atom is -0.376 e. The van der Waals surface area contributed by atoms with E-state index in [2.05, 4.69) is 43.5 Å². The van der Waals surface area contributed by atoms with Crippen LogP contribution in [0, 0.1) is 5.92 Å². The number of rotatable bonds is 7. The van der Waals surface area contributed by atoms with Crippen molar-refractivity contribution < 1.29 is 4.79 Å². The Morgan fingerprint density at radius 1 is 1.22 bits per heavy atom. The van der Waals surface area contributed by atoms with E-state index in [0.717, 1.165) is 25.1 Å². The fraction of sp³-hybridized carbons (Fsp3) is 0.533. The summed E-state index contributed by atoms with van der Waals surface area (Å²) in [6.45, 7) is 7.53. The molecule has 0 unspecified atom stereocenters. The molecule has 0 heterocycles. The minimum atomic E-state index is 0.0511. The van der Waals surface area contributed by atoms with E-state index >= 15 is 0 Å². The average Bonchev–Trinajstić information content (AvgIpc) is 2.36. The van der Waals surface area contributed by atoms with E-state index in [0.29, 0.717) is 12.5 Å². The van der Waals surface area contributed by atoms with Gasteiger partial charge in [-0.3, -0.25) is 4.79 Å². The second-order valence-corrected chi connectivity index (χ2v) is 4.94. The van der Waals surface area contributed by atoms with E-state index in [-0.39, 0.29) is 5.91 Å². The van der Waals surface area contributed by atoms with Gasteiger partial charge in [-0.25, -0.2) is 0 Å². The number of amides is 1. The van der Waals surface area contributed by atoms with Crippen LogP contribution in [-0.4, -0.2) is 19.0 Å². The Morgan fingerprint density at radius 3 is 2.44 bits per heavy atom. The highest BCUT2D eigenvalue weighted by Crippen LogP contribution is 2.09. The lowest BCUT2D eigenvalue weighted by atomic mass is 10.1. The summed E-state index contributed by atoms with van der Waals surface area (Å²) >= 11 is 0. The summed E-state index contributed by atoms with van der Waals surface area (Å²) in [6, 6.07) is 8.19. The van der Waals surface area contributed by atoms with Crippen molar-refractivity contribution in [1.82, 2.24) is 5.32 Å². The minimum absolute atomic E-state index is 0.0511. The maximum atomic E-state index is 11.5. The lowest BCUT2D eigenvalue weighted by Crippen LogP contribution is -2.31. The third kappa shape index (κ3) is 5.71. The Morgan fingerprint density at radius 2 is 1.89 bits per heavy atom. The molecule has 0 saturated heterocycles. The van der Waals surface area contributed by atoms with Crippen LogP contribution in [0.25, 0.3) is 0 Å². The molecule has 3 heteroatoms. The molecule has 0 aliphatic heterocycles. The van der Waals surface area contributed by atoms with Crippen molar-refractivity contribution >= 4 is 11.6 Å². The quantitative estimate of drug-likeness (QED) is 0.779. The van der Waals surface area contributed by atoms with Crippen molar-refractivity contribution in [2.75, 3.05) is 18.4 Å². The predicted molar refractivity (Wildman–Crippen MR) is 76.8 cm³/mol. The van der Waals surface area contributed by atoms with Crippen LogP contribution in [0.4, 0.5) is 5.69 Å². The van der Waals surface area contributed by atoms with Gasteiger partial charge < -0.3 is 10.6 Å². The van der Waals surface area contributed by atoms with E-state index < -0.39 is 0 Å². The number of benzene rings is 1. The van der Waals surface area contributed by atoms with Gasteiger partial charge in [0, 0.05) is 12.2 Å². The van der Waals surface area contributed by atoms with E-state index in [1.807, 2.05) is 12.1 Å². The Labute approximate surface area is 110 Å². The molecule has 1 amide bonds. The molecule has 0 fully saturated rings. The van der Waals surface area contributed by atoms with Crippen LogP contribution in [-0.2, 0) is 11.2 Å². The summed E-state index contributed by atoms with van der Waals surface area (Å²) in [5.41, 5.74) is 2.30. The lowest BCUT2D eigenvalue weighted by Gasteiger charge is -2.09. The zero-order valence-electron chi connectivity index (χ0n) is 11.6. The number of hydrogen-bond donors (Lipinski definition) is 2. The van der Waals surface area contributed by atoms with E-state index in [9.17, 15) is 4.79 Å². The van der Waals surface area contributed by atoms with Crippen LogP contribution in [0.5, 0.6) is 0 Å². The van der Waals surface area contributed by atoms with Crippen molar-refractivity contribution in [3.8, 4) is 0 Å². The molecule has 18 heavy (non-hydrogen) atoms. The van der Waals surface area contributed by atoms with Crippen LogP contribution >= 0.6 is 0 Å². The molecule has 2 N–H and O–H groups in total. The first kappa shape index (κ1) is 14.6. The van der Waals surface area contributed by atoms with Gasteiger partial charge in [0.2, 0.25) is 5.91 Å². The summed E-state index contributed by atoms with van der Waals surface area (Å²) in [4.78, 5) is 11.5. The monoisotopic (exact) mass is 248 g/mol. The first-order valence-corrected chi connectivity index (χ1v) is 6.71. The average molecular weight is 248 g/mol. The molecule has 0 radical (unpaired) electrons. The number of anilines is 1. The lowest BCUT2D eigenvalue weighted by molar-refractivity contribution is -0.119. The highest BCUT2D eigenvalue weighted by atomic mass is 16.1. The highest BCUT2D eigenvalue weighted by Gasteiger charge is 2.01. The van der Waals surface area contributed by atoms with Gasteiger partial charge in [-0.2, -0.15) is 0 Å². The Hall–Kier alpha value is -1.51. The molecule has 0 aliphatic rings. The van der Waals surface area contributed by atoms with Gasteiger partial charge in [-0.15, -0.1) is 0 Å². The van der Waals surface area contributed by atoms with Gasteiger partial charge in [0.15, 0.2) is 0 Å². The number of carbonyl (C=O) groups is 1. The van der Waals surface area contributed by atoms with Gasteiger partial charge in [0.1, 0.15) is 0 Å². The third-order valence-electron chi connectivity index (χ3n) is 2.86. The molecule has 0 saturated carbocycles. The van der Waals surface area contributed by atoms with Gasteiger partial charge >= 0.3 is 0 Å². The van der Waals surface area contributed by atoms with Crippen LogP contribution in [0.3, 0.4) is 0 Å². The molecule has 1 aromatic carbocycles. The highest BCUT2D eigenvalue weighted by molar-refractivity contribution is 5.80. The Kier molecular flexibility index (Phi) is 6.26. The molecule has 1 rings (SSSR count). The molecule has 0 aromatic heterocycles. The normalized spacial score (nSPS) is 10.4. The topological polar surface area (TPSA) is 41.1 Å². The maximum absolute atomic E-state index is 11.5. The molecule has 0 spiro atoms. The molecule has 1 aromatic rings. The molecular weight excluding hydrogens is 224 g/mol. The molecule has 0 bridgehead atoms. The maximum Gasteiger partial charge on any atom is 0.239 e. The summed E-state index contributed by atoms with van der Waals surface area (Å²) in [5, 5.41) is 6.03. The standard InChI is InChI=1S/C15H24N2O/c1-4-13-5-7-14(8-6-13)17-11-15(18)16-10-9-12(2)3/h5-8,12,17H,4,9-11H2,1-3H3,(H,16,18). The second-order valence-electron chi connectivity index (χ2n) is 4.94. The number of nitrogens with one attached hydrogen (secondary N) is 2. The van der Waals surface area contributed by atoms with Crippen LogP contribution in [0.1, 0.15) is 32.8 Å². The first-order chi connectivity index (χ1) is 8.61.